The molecule has 1 amide bonds. The molecule has 0 fully saturated rings. The molecule has 0 saturated carbocycles. The minimum absolute atomic E-state index is 0.0530. The molecule has 0 aliphatic carbocycles. The first kappa shape index (κ1) is 18.6. The molecule has 0 radical (unpaired) electrons. The Kier molecular flexibility index (Phi) is 6.76. The average Bonchev–Trinajstić information content (AvgIpc) is 2.68. The largest absolute Gasteiger partial charge is 0.341 e. The van der Waals surface area contributed by atoms with E-state index in [1.54, 1.807) is 11.8 Å². The maximum absolute atomic E-state index is 12.3. The van der Waals surface area contributed by atoms with Crippen molar-refractivity contribution in [2.75, 3.05) is 25.4 Å². The van der Waals surface area contributed by atoms with Crippen molar-refractivity contribution in [3.05, 3.63) is 65.2 Å². The third kappa shape index (κ3) is 4.91. The number of thioether (sulfide) groups is 1. The van der Waals surface area contributed by atoms with Crippen molar-refractivity contribution in [3.63, 3.8) is 0 Å². The van der Waals surface area contributed by atoms with Gasteiger partial charge in [0.25, 0.3) is 5.91 Å². The second kappa shape index (κ2) is 9.47. The van der Waals surface area contributed by atoms with Crippen LogP contribution in [0.1, 0.15) is 28.4 Å². The first-order chi connectivity index (χ1) is 12.8. The highest BCUT2D eigenvalue weighted by Gasteiger charge is 2.14. The molecule has 2 aromatic carbocycles. The summed E-state index contributed by atoms with van der Waals surface area (Å²) in [5.74, 6) is 7.16. The fourth-order valence-corrected chi connectivity index (χ4v) is 3.88. The van der Waals surface area contributed by atoms with Crippen molar-refractivity contribution < 1.29 is 4.79 Å². The lowest BCUT2D eigenvalue weighted by molar-refractivity contribution is 0.0956. The third-order valence-electron chi connectivity index (χ3n) is 4.41. The summed E-state index contributed by atoms with van der Waals surface area (Å²) in [4.78, 5) is 15.7. The van der Waals surface area contributed by atoms with Crippen LogP contribution in [0.5, 0.6) is 0 Å². The molecule has 3 rings (SSSR count). The highest BCUT2D eigenvalue weighted by molar-refractivity contribution is 7.99. The van der Waals surface area contributed by atoms with Crippen molar-refractivity contribution in [2.45, 2.75) is 24.8 Å². The van der Waals surface area contributed by atoms with Crippen LogP contribution in [0.4, 0.5) is 0 Å². The topological polar surface area (TPSA) is 32.3 Å². The van der Waals surface area contributed by atoms with E-state index in [9.17, 15) is 4.79 Å². The number of fused-ring (bicyclic) bond motifs is 1. The molecule has 2 aromatic rings. The summed E-state index contributed by atoms with van der Waals surface area (Å²) in [6, 6.07) is 16.3. The molecular formula is C22H24N2OS. The first-order valence-corrected chi connectivity index (χ1v) is 10.0. The number of rotatable bonds is 5. The van der Waals surface area contributed by atoms with Crippen LogP contribution in [0.3, 0.4) is 0 Å². The molecule has 0 unspecified atom stereocenters. The molecule has 0 spiro atoms. The molecule has 1 aliphatic heterocycles. The average molecular weight is 365 g/mol. The fourth-order valence-electron chi connectivity index (χ4n) is 3.07. The molecule has 1 N–H and O–H groups in total. The fraction of sp³-hybridized carbons (Fsp3) is 0.318. The standard InChI is InChI=1S/C22H24N2OS/c1-2-26-21-12-6-5-11-20(21)22(25)23-14-7-8-15-24-16-13-18-9-3-4-10-19(18)17-24/h3-6,9-12H,2,13-17H2,1H3,(H,23,25). The van der Waals surface area contributed by atoms with Crippen LogP contribution in [0.15, 0.2) is 53.4 Å². The Morgan fingerprint density at radius 1 is 1.12 bits per heavy atom. The third-order valence-corrected chi connectivity index (χ3v) is 5.36. The zero-order chi connectivity index (χ0) is 18.2. The summed E-state index contributed by atoms with van der Waals surface area (Å²) in [5.41, 5.74) is 3.58. The van der Waals surface area contributed by atoms with E-state index in [1.807, 2.05) is 24.3 Å². The zero-order valence-electron chi connectivity index (χ0n) is 15.1. The van der Waals surface area contributed by atoms with E-state index in [2.05, 4.69) is 53.2 Å². The Bertz CT molecular complexity index is 822. The Morgan fingerprint density at radius 3 is 2.73 bits per heavy atom. The monoisotopic (exact) mass is 364 g/mol. The summed E-state index contributed by atoms with van der Waals surface area (Å²) in [6.07, 6.45) is 1.08. The molecular weight excluding hydrogens is 340 g/mol. The minimum atomic E-state index is -0.0530. The van der Waals surface area contributed by atoms with Gasteiger partial charge in [-0.2, -0.15) is 0 Å². The molecule has 1 heterocycles. The molecule has 1 aliphatic rings. The minimum Gasteiger partial charge on any atom is -0.341 e. The zero-order valence-corrected chi connectivity index (χ0v) is 15.9. The predicted molar refractivity (Wildman–Crippen MR) is 108 cm³/mol. The van der Waals surface area contributed by atoms with Gasteiger partial charge in [0, 0.05) is 18.0 Å². The number of carbonyl (C=O) groups is 1. The van der Waals surface area contributed by atoms with Crippen molar-refractivity contribution in [2.24, 2.45) is 0 Å². The Balaban J connectivity index is 1.47. The van der Waals surface area contributed by atoms with Gasteiger partial charge in [-0.15, -0.1) is 11.8 Å². The van der Waals surface area contributed by atoms with Gasteiger partial charge in [0.15, 0.2) is 0 Å². The molecule has 134 valence electrons. The molecule has 0 aromatic heterocycles. The lowest BCUT2D eigenvalue weighted by Gasteiger charge is -2.26. The smallest absolute Gasteiger partial charge is 0.253 e. The van der Waals surface area contributed by atoms with Gasteiger partial charge in [0.05, 0.1) is 18.7 Å². The Hall–Kier alpha value is -2.22. The summed E-state index contributed by atoms with van der Waals surface area (Å²) >= 11 is 1.68. The highest BCUT2D eigenvalue weighted by Crippen LogP contribution is 2.22. The first-order valence-electron chi connectivity index (χ1n) is 9.03. The van der Waals surface area contributed by atoms with Crippen molar-refractivity contribution in [1.82, 2.24) is 10.2 Å². The van der Waals surface area contributed by atoms with E-state index >= 15 is 0 Å². The molecule has 0 atom stereocenters. The number of hydrogen-bond acceptors (Lipinski definition) is 3. The predicted octanol–water partition coefficient (Wildman–Crippen LogP) is 3.59. The van der Waals surface area contributed by atoms with E-state index < -0.39 is 0 Å². The van der Waals surface area contributed by atoms with E-state index in [0.717, 1.165) is 42.3 Å². The molecule has 0 saturated heterocycles. The van der Waals surface area contributed by atoms with Gasteiger partial charge < -0.3 is 5.32 Å². The van der Waals surface area contributed by atoms with Gasteiger partial charge in [-0.1, -0.05) is 55.2 Å². The van der Waals surface area contributed by atoms with Crippen LogP contribution in [0.2, 0.25) is 0 Å². The maximum atomic E-state index is 12.3. The van der Waals surface area contributed by atoms with Gasteiger partial charge in [0.2, 0.25) is 0 Å². The number of amides is 1. The molecule has 3 nitrogen and oxygen atoms in total. The lowest BCUT2D eigenvalue weighted by Crippen LogP contribution is -2.31. The second-order valence-electron chi connectivity index (χ2n) is 6.19. The van der Waals surface area contributed by atoms with Crippen molar-refractivity contribution in [3.8, 4) is 11.8 Å². The van der Waals surface area contributed by atoms with Crippen molar-refractivity contribution in [1.29, 1.82) is 0 Å². The summed E-state index contributed by atoms with van der Waals surface area (Å²) < 4.78 is 0. The number of nitrogens with zero attached hydrogens (tertiary/aromatic N) is 1. The Morgan fingerprint density at radius 2 is 1.88 bits per heavy atom. The molecule has 0 bridgehead atoms. The normalized spacial score (nSPS) is 13.4. The van der Waals surface area contributed by atoms with Gasteiger partial charge >= 0.3 is 0 Å². The summed E-state index contributed by atoms with van der Waals surface area (Å²) in [6.45, 7) is 5.21. The van der Waals surface area contributed by atoms with Crippen LogP contribution in [-0.4, -0.2) is 36.2 Å². The van der Waals surface area contributed by atoms with Crippen LogP contribution in [0, 0.1) is 11.8 Å². The van der Waals surface area contributed by atoms with Crippen LogP contribution >= 0.6 is 11.8 Å². The van der Waals surface area contributed by atoms with Gasteiger partial charge in [-0.3, -0.25) is 9.69 Å². The Labute approximate surface area is 160 Å². The van der Waals surface area contributed by atoms with Gasteiger partial charge in [0.1, 0.15) is 0 Å². The highest BCUT2D eigenvalue weighted by atomic mass is 32.2. The second-order valence-corrected chi connectivity index (χ2v) is 7.50. The summed E-state index contributed by atoms with van der Waals surface area (Å²) in [7, 11) is 0. The van der Waals surface area contributed by atoms with E-state index in [0.29, 0.717) is 6.54 Å². The van der Waals surface area contributed by atoms with Gasteiger partial charge in [-0.05, 0) is 35.4 Å². The molecule has 4 heteroatoms. The molecule has 26 heavy (non-hydrogen) atoms. The number of nitrogens with one attached hydrogen (secondary N) is 1. The quantitative estimate of drug-likeness (QED) is 0.650. The summed E-state index contributed by atoms with van der Waals surface area (Å²) in [5, 5.41) is 2.91. The van der Waals surface area contributed by atoms with Crippen LogP contribution in [0.25, 0.3) is 0 Å². The lowest BCUT2D eigenvalue weighted by atomic mass is 10.0. The number of hydrogen-bond donors (Lipinski definition) is 1. The maximum Gasteiger partial charge on any atom is 0.253 e. The number of carbonyl (C=O) groups excluding carboxylic acids is 1. The van der Waals surface area contributed by atoms with E-state index in [-0.39, 0.29) is 5.91 Å². The van der Waals surface area contributed by atoms with E-state index in [1.165, 1.54) is 11.1 Å². The van der Waals surface area contributed by atoms with Gasteiger partial charge in [-0.25, -0.2) is 0 Å². The van der Waals surface area contributed by atoms with Crippen LogP contribution < -0.4 is 5.32 Å². The van der Waals surface area contributed by atoms with Crippen LogP contribution in [-0.2, 0) is 13.0 Å². The van der Waals surface area contributed by atoms with E-state index in [4.69, 9.17) is 0 Å². The SMILES string of the molecule is CCSc1ccccc1C(=O)NCC#CCN1CCc2ccccc2C1. The number of benzene rings is 2. The van der Waals surface area contributed by atoms with Crippen molar-refractivity contribution >= 4 is 17.7 Å².